The van der Waals surface area contributed by atoms with Gasteiger partial charge in [0.15, 0.2) is 0 Å². The molecule has 0 bridgehead atoms. The van der Waals surface area contributed by atoms with Crippen LogP contribution in [0.3, 0.4) is 0 Å². The molecule has 1 amide bonds. The van der Waals surface area contributed by atoms with Crippen LogP contribution in [0, 0.1) is 5.41 Å². The van der Waals surface area contributed by atoms with E-state index in [1.807, 2.05) is 0 Å². The van der Waals surface area contributed by atoms with Crippen LogP contribution in [-0.2, 0) is 14.3 Å². The second-order valence-corrected chi connectivity index (χ2v) is 5.90. The lowest BCUT2D eigenvalue weighted by Crippen LogP contribution is -2.49. The molecule has 1 fully saturated rings. The molecule has 5 heteroatoms. The molecule has 0 aromatic rings. The average Bonchev–Trinajstić information content (AvgIpc) is 2.25. The number of carbonyl (C=O) groups is 2. The molecule has 2 unspecified atom stereocenters. The van der Waals surface area contributed by atoms with E-state index in [0.29, 0.717) is 6.61 Å². The van der Waals surface area contributed by atoms with Gasteiger partial charge in [-0.2, -0.15) is 0 Å². The third-order valence-electron chi connectivity index (χ3n) is 3.11. The Morgan fingerprint density at radius 3 is 2.50 bits per heavy atom. The third kappa shape index (κ3) is 4.64. The van der Waals surface area contributed by atoms with Crippen molar-refractivity contribution in [1.82, 2.24) is 5.32 Å². The maximum atomic E-state index is 11.8. The highest BCUT2D eigenvalue weighted by Crippen LogP contribution is 2.20. The van der Waals surface area contributed by atoms with Crippen LogP contribution in [0.1, 0.15) is 46.5 Å². The zero-order valence-electron chi connectivity index (χ0n) is 11.4. The molecule has 0 aromatic carbocycles. The average molecular weight is 257 g/mol. The minimum atomic E-state index is -1.000. The highest BCUT2D eigenvalue weighted by Gasteiger charge is 2.33. The van der Waals surface area contributed by atoms with Crippen LogP contribution in [0.15, 0.2) is 0 Å². The summed E-state index contributed by atoms with van der Waals surface area (Å²) in [7, 11) is 0. The molecule has 104 valence electrons. The minimum Gasteiger partial charge on any atom is -0.480 e. The van der Waals surface area contributed by atoms with Crippen LogP contribution in [0.5, 0.6) is 0 Å². The summed E-state index contributed by atoms with van der Waals surface area (Å²) in [6.07, 6.45) is 3.17. The fourth-order valence-electron chi connectivity index (χ4n) is 2.04. The van der Waals surface area contributed by atoms with Crippen molar-refractivity contribution in [3.05, 3.63) is 0 Å². The fourth-order valence-corrected chi connectivity index (χ4v) is 2.04. The molecule has 1 aliphatic heterocycles. The monoisotopic (exact) mass is 257 g/mol. The Labute approximate surface area is 108 Å². The van der Waals surface area contributed by atoms with Gasteiger partial charge in [0.05, 0.1) is 12.5 Å². The van der Waals surface area contributed by atoms with E-state index in [0.717, 1.165) is 19.3 Å². The molecule has 1 aliphatic rings. The molecule has 0 radical (unpaired) electrons. The van der Waals surface area contributed by atoms with E-state index in [9.17, 15) is 9.59 Å². The van der Waals surface area contributed by atoms with Gasteiger partial charge in [0.1, 0.15) is 6.04 Å². The zero-order chi connectivity index (χ0) is 13.8. The van der Waals surface area contributed by atoms with Crippen molar-refractivity contribution in [2.45, 2.75) is 58.6 Å². The standard InChI is InChI=1S/C13H23NO4/c1-13(2,3)11(12(16)17)14-10(15)8-9-6-4-5-7-18-9/h9,11H,4-8H2,1-3H3,(H,14,15)(H,16,17). The first-order chi connectivity index (χ1) is 8.30. The number of carbonyl (C=O) groups excluding carboxylic acids is 1. The largest absolute Gasteiger partial charge is 0.480 e. The summed E-state index contributed by atoms with van der Waals surface area (Å²) in [5, 5.41) is 11.7. The summed E-state index contributed by atoms with van der Waals surface area (Å²) >= 11 is 0. The third-order valence-corrected chi connectivity index (χ3v) is 3.11. The molecule has 5 nitrogen and oxygen atoms in total. The van der Waals surface area contributed by atoms with E-state index in [-0.39, 0.29) is 18.4 Å². The van der Waals surface area contributed by atoms with Crippen LogP contribution in [0.25, 0.3) is 0 Å². The topological polar surface area (TPSA) is 75.6 Å². The molecule has 18 heavy (non-hydrogen) atoms. The Kier molecular flexibility index (Phi) is 5.14. The Morgan fingerprint density at radius 2 is 2.06 bits per heavy atom. The fraction of sp³-hybridized carbons (Fsp3) is 0.846. The summed E-state index contributed by atoms with van der Waals surface area (Å²) in [6.45, 7) is 6.08. The van der Waals surface area contributed by atoms with Gasteiger partial charge in [-0.3, -0.25) is 4.79 Å². The van der Waals surface area contributed by atoms with Gasteiger partial charge in [-0.25, -0.2) is 4.79 Å². The van der Waals surface area contributed by atoms with Gasteiger partial charge < -0.3 is 15.2 Å². The molecule has 0 aliphatic carbocycles. The van der Waals surface area contributed by atoms with Crippen LogP contribution in [0.2, 0.25) is 0 Å². The summed E-state index contributed by atoms with van der Waals surface area (Å²) in [4.78, 5) is 22.9. The summed E-state index contributed by atoms with van der Waals surface area (Å²) in [5.74, 6) is -1.25. The predicted octanol–water partition coefficient (Wildman–Crippen LogP) is 1.56. The van der Waals surface area contributed by atoms with Crippen molar-refractivity contribution in [3.8, 4) is 0 Å². The number of nitrogens with one attached hydrogen (secondary N) is 1. The van der Waals surface area contributed by atoms with Gasteiger partial charge in [0, 0.05) is 6.61 Å². The van der Waals surface area contributed by atoms with E-state index in [4.69, 9.17) is 9.84 Å². The molecule has 1 heterocycles. The molecular weight excluding hydrogens is 234 g/mol. The second kappa shape index (κ2) is 6.18. The number of carboxylic acids is 1. The van der Waals surface area contributed by atoms with E-state index in [1.165, 1.54) is 0 Å². The molecule has 1 rings (SSSR count). The quantitative estimate of drug-likeness (QED) is 0.801. The Bertz CT molecular complexity index is 303. The lowest BCUT2D eigenvalue weighted by Gasteiger charge is -2.29. The molecule has 1 saturated heterocycles. The number of rotatable bonds is 4. The smallest absolute Gasteiger partial charge is 0.326 e. The van der Waals surface area contributed by atoms with Crippen molar-refractivity contribution in [3.63, 3.8) is 0 Å². The Hall–Kier alpha value is -1.10. The number of hydrogen-bond acceptors (Lipinski definition) is 3. The summed E-state index contributed by atoms with van der Waals surface area (Å²) in [6, 6.07) is -0.867. The lowest BCUT2D eigenvalue weighted by molar-refractivity contribution is -0.145. The zero-order valence-corrected chi connectivity index (χ0v) is 11.4. The van der Waals surface area contributed by atoms with Crippen LogP contribution in [-0.4, -0.2) is 35.7 Å². The van der Waals surface area contributed by atoms with E-state index >= 15 is 0 Å². The lowest BCUT2D eigenvalue weighted by atomic mass is 9.86. The second-order valence-electron chi connectivity index (χ2n) is 5.90. The number of hydrogen-bond donors (Lipinski definition) is 2. The molecule has 2 N–H and O–H groups in total. The predicted molar refractivity (Wildman–Crippen MR) is 67.2 cm³/mol. The van der Waals surface area contributed by atoms with Crippen LogP contribution >= 0.6 is 0 Å². The Morgan fingerprint density at radius 1 is 1.39 bits per heavy atom. The van der Waals surface area contributed by atoms with Gasteiger partial charge in [-0.15, -0.1) is 0 Å². The first-order valence-corrected chi connectivity index (χ1v) is 6.44. The number of aliphatic carboxylic acids is 1. The summed E-state index contributed by atoms with van der Waals surface area (Å²) in [5.41, 5.74) is -0.505. The van der Waals surface area contributed by atoms with Gasteiger partial charge >= 0.3 is 5.97 Å². The first kappa shape index (κ1) is 15.0. The van der Waals surface area contributed by atoms with E-state index < -0.39 is 17.4 Å². The van der Waals surface area contributed by atoms with Crippen molar-refractivity contribution in [2.24, 2.45) is 5.41 Å². The molecule has 0 aromatic heterocycles. The molecule has 0 spiro atoms. The van der Waals surface area contributed by atoms with Crippen molar-refractivity contribution in [1.29, 1.82) is 0 Å². The Balaban J connectivity index is 2.48. The van der Waals surface area contributed by atoms with Crippen LogP contribution in [0.4, 0.5) is 0 Å². The van der Waals surface area contributed by atoms with Crippen molar-refractivity contribution in [2.75, 3.05) is 6.61 Å². The van der Waals surface area contributed by atoms with Crippen LogP contribution < -0.4 is 5.32 Å². The van der Waals surface area contributed by atoms with E-state index in [2.05, 4.69) is 5.32 Å². The van der Waals surface area contributed by atoms with Gasteiger partial charge in [-0.05, 0) is 24.7 Å². The number of carboxylic acid groups (broad SMARTS) is 1. The number of ether oxygens (including phenoxy) is 1. The van der Waals surface area contributed by atoms with E-state index in [1.54, 1.807) is 20.8 Å². The van der Waals surface area contributed by atoms with Gasteiger partial charge in [0.25, 0.3) is 0 Å². The van der Waals surface area contributed by atoms with Gasteiger partial charge in [-0.1, -0.05) is 20.8 Å². The highest BCUT2D eigenvalue weighted by molar-refractivity contribution is 5.84. The normalized spacial score (nSPS) is 22.3. The first-order valence-electron chi connectivity index (χ1n) is 6.44. The SMILES string of the molecule is CC(C)(C)C(NC(=O)CC1CCCCO1)C(=O)O. The minimum absolute atomic E-state index is 0.0619. The maximum Gasteiger partial charge on any atom is 0.326 e. The molecule has 2 atom stereocenters. The van der Waals surface area contributed by atoms with Crippen molar-refractivity contribution < 1.29 is 19.4 Å². The summed E-state index contributed by atoms with van der Waals surface area (Å²) < 4.78 is 5.47. The van der Waals surface area contributed by atoms with Crippen molar-refractivity contribution >= 4 is 11.9 Å². The molecule has 0 saturated carbocycles. The maximum absolute atomic E-state index is 11.8. The highest BCUT2D eigenvalue weighted by atomic mass is 16.5. The number of amides is 1. The van der Waals surface area contributed by atoms with Gasteiger partial charge in [0.2, 0.25) is 5.91 Å². The molecular formula is C13H23NO4.